The Morgan fingerprint density at radius 3 is 3.00 bits per heavy atom. The molecule has 4 heteroatoms. The number of carbonyl (C=O) groups is 1. The van der Waals surface area contributed by atoms with Gasteiger partial charge in [-0.25, -0.2) is 0 Å². The van der Waals surface area contributed by atoms with Crippen LogP contribution in [-0.4, -0.2) is 48.4 Å². The lowest BCUT2D eigenvalue weighted by molar-refractivity contribution is 0.0754. The molecule has 1 saturated heterocycles. The normalized spacial score (nSPS) is 19.6. The van der Waals surface area contributed by atoms with Crippen molar-refractivity contribution in [3.8, 4) is 0 Å². The standard InChI is InChI=1S/C15H21IN2O/c1-3-18-9-5-8-14(18)11-17(2)15(19)12-6-4-7-13(16)10-12/h4,6-7,10,14H,3,5,8-9,11H2,1-2H3. The smallest absolute Gasteiger partial charge is 0.253 e. The number of amides is 1. The van der Waals surface area contributed by atoms with Crippen molar-refractivity contribution in [1.29, 1.82) is 0 Å². The Bertz CT molecular complexity index is 450. The predicted octanol–water partition coefficient (Wildman–Crippen LogP) is 2.85. The molecule has 1 unspecified atom stereocenters. The molecule has 1 atom stereocenters. The first-order valence-corrected chi connectivity index (χ1v) is 7.94. The van der Waals surface area contributed by atoms with E-state index in [4.69, 9.17) is 0 Å². The average Bonchev–Trinajstić information content (AvgIpc) is 2.85. The summed E-state index contributed by atoms with van der Waals surface area (Å²) < 4.78 is 1.10. The van der Waals surface area contributed by atoms with E-state index in [0.717, 1.165) is 22.2 Å². The summed E-state index contributed by atoms with van der Waals surface area (Å²) in [7, 11) is 1.91. The van der Waals surface area contributed by atoms with Crippen molar-refractivity contribution in [3.63, 3.8) is 0 Å². The summed E-state index contributed by atoms with van der Waals surface area (Å²) >= 11 is 2.24. The first-order valence-electron chi connectivity index (χ1n) is 6.87. The third kappa shape index (κ3) is 3.69. The highest BCUT2D eigenvalue weighted by Gasteiger charge is 2.25. The van der Waals surface area contributed by atoms with Crippen molar-refractivity contribution in [3.05, 3.63) is 33.4 Å². The van der Waals surface area contributed by atoms with Gasteiger partial charge in [0.15, 0.2) is 0 Å². The van der Waals surface area contributed by atoms with Gasteiger partial charge in [0.05, 0.1) is 0 Å². The topological polar surface area (TPSA) is 23.6 Å². The minimum Gasteiger partial charge on any atom is -0.340 e. The number of likely N-dealkylation sites (N-methyl/N-ethyl adjacent to an activating group) is 2. The van der Waals surface area contributed by atoms with Gasteiger partial charge in [0, 0.05) is 28.8 Å². The molecule has 1 aliphatic heterocycles. The molecule has 1 heterocycles. The van der Waals surface area contributed by atoms with Crippen molar-refractivity contribution in [2.24, 2.45) is 0 Å². The van der Waals surface area contributed by atoms with Crippen LogP contribution in [0.2, 0.25) is 0 Å². The van der Waals surface area contributed by atoms with Crippen molar-refractivity contribution in [2.45, 2.75) is 25.8 Å². The maximum absolute atomic E-state index is 12.4. The fourth-order valence-electron chi connectivity index (χ4n) is 2.76. The second-order valence-electron chi connectivity index (χ2n) is 5.12. The van der Waals surface area contributed by atoms with Crippen molar-refractivity contribution in [2.75, 3.05) is 26.7 Å². The van der Waals surface area contributed by atoms with Crippen LogP contribution in [0.5, 0.6) is 0 Å². The molecule has 1 fully saturated rings. The van der Waals surface area contributed by atoms with E-state index in [1.165, 1.54) is 19.4 Å². The van der Waals surface area contributed by atoms with Gasteiger partial charge in [-0.1, -0.05) is 13.0 Å². The van der Waals surface area contributed by atoms with Crippen molar-refractivity contribution >= 4 is 28.5 Å². The monoisotopic (exact) mass is 372 g/mol. The first-order chi connectivity index (χ1) is 9.11. The zero-order chi connectivity index (χ0) is 13.8. The highest BCUT2D eigenvalue weighted by Crippen LogP contribution is 2.18. The maximum Gasteiger partial charge on any atom is 0.253 e. The van der Waals surface area contributed by atoms with E-state index in [0.29, 0.717) is 6.04 Å². The average molecular weight is 372 g/mol. The summed E-state index contributed by atoms with van der Waals surface area (Å²) in [5.74, 6) is 0.126. The summed E-state index contributed by atoms with van der Waals surface area (Å²) in [5, 5.41) is 0. The number of rotatable bonds is 4. The zero-order valence-corrected chi connectivity index (χ0v) is 13.8. The Labute approximate surface area is 129 Å². The van der Waals surface area contributed by atoms with Crippen LogP contribution in [0, 0.1) is 3.57 Å². The molecule has 0 spiro atoms. The number of nitrogens with zero attached hydrogens (tertiary/aromatic N) is 2. The molecule has 0 aliphatic carbocycles. The highest BCUT2D eigenvalue weighted by atomic mass is 127. The van der Waals surface area contributed by atoms with E-state index in [1.807, 2.05) is 36.2 Å². The third-order valence-electron chi connectivity index (χ3n) is 3.81. The Balaban J connectivity index is 1.99. The van der Waals surface area contributed by atoms with Gasteiger partial charge in [-0.05, 0) is 66.7 Å². The molecular formula is C15H21IN2O. The van der Waals surface area contributed by atoms with Gasteiger partial charge in [-0.15, -0.1) is 0 Å². The lowest BCUT2D eigenvalue weighted by Gasteiger charge is -2.27. The summed E-state index contributed by atoms with van der Waals surface area (Å²) in [6.45, 7) is 5.28. The van der Waals surface area contributed by atoms with E-state index >= 15 is 0 Å². The van der Waals surface area contributed by atoms with E-state index in [2.05, 4.69) is 34.4 Å². The van der Waals surface area contributed by atoms with E-state index in [9.17, 15) is 4.79 Å². The highest BCUT2D eigenvalue weighted by molar-refractivity contribution is 14.1. The lowest BCUT2D eigenvalue weighted by atomic mass is 10.1. The molecule has 19 heavy (non-hydrogen) atoms. The van der Waals surface area contributed by atoms with Crippen LogP contribution < -0.4 is 0 Å². The Kier molecular flexibility index (Phi) is 5.21. The molecule has 0 bridgehead atoms. The Morgan fingerprint density at radius 2 is 2.32 bits per heavy atom. The molecule has 2 rings (SSSR count). The van der Waals surface area contributed by atoms with Gasteiger partial charge in [0.1, 0.15) is 0 Å². The molecule has 1 aliphatic rings. The molecule has 1 amide bonds. The quantitative estimate of drug-likeness (QED) is 0.759. The number of benzene rings is 1. The number of hydrogen-bond acceptors (Lipinski definition) is 2. The van der Waals surface area contributed by atoms with Crippen LogP contribution in [0.3, 0.4) is 0 Å². The Morgan fingerprint density at radius 1 is 1.53 bits per heavy atom. The molecular weight excluding hydrogens is 351 g/mol. The molecule has 0 radical (unpaired) electrons. The molecule has 0 aromatic heterocycles. The summed E-state index contributed by atoms with van der Waals surface area (Å²) in [6.07, 6.45) is 2.46. The third-order valence-corrected chi connectivity index (χ3v) is 4.48. The Hall–Kier alpha value is -0.620. The molecule has 3 nitrogen and oxygen atoms in total. The predicted molar refractivity (Wildman–Crippen MR) is 86.4 cm³/mol. The van der Waals surface area contributed by atoms with Gasteiger partial charge < -0.3 is 4.90 Å². The van der Waals surface area contributed by atoms with Crippen molar-refractivity contribution < 1.29 is 4.79 Å². The lowest BCUT2D eigenvalue weighted by Crippen LogP contribution is -2.41. The van der Waals surface area contributed by atoms with Gasteiger partial charge in [0.2, 0.25) is 0 Å². The van der Waals surface area contributed by atoms with Crippen LogP contribution in [0.4, 0.5) is 0 Å². The molecule has 1 aromatic rings. The molecule has 0 saturated carbocycles. The van der Waals surface area contributed by atoms with Crippen LogP contribution in [0.15, 0.2) is 24.3 Å². The molecule has 104 valence electrons. The minimum absolute atomic E-state index is 0.126. The van der Waals surface area contributed by atoms with Crippen LogP contribution in [0.25, 0.3) is 0 Å². The van der Waals surface area contributed by atoms with E-state index in [1.54, 1.807) is 0 Å². The molecule has 0 N–H and O–H groups in total. The van der Waals surface area contributed by atoms with E-state index in [-0.39, 0.29) is 5.91 Å². The fraction of sp³-hybridized carbons (Fsp3) is 0.533. The number of hydrogen-bond donors (Lipinski definition) is 0. The second-order valence-corrected chi connectivity index (χ2v) is 6.37. The number of likely N-dealkylation sites (tertiary alicyclic amines) is 1. The summed E-state index contributed by atoms with van der Waals surface area (Å²) in [4.78, 5) is 16.7. The largest absolute Gasteiger partial charge is 0.340 e. The maximum atomic E-state index is 12.4. The first kappa shape index (κ1) is 14.8. The van der Waals surface area contributed by atoms with E-state index < -0.39 is 0 Å². The van der Waals surface area contributed by atoms with Crippen LogP contribution in [0.1, 0.15) is 30.1 Å². The van der Waals surface area contributed by atoms with Gasteiger partial charge in [-0.2, -0.15) is 0 Å². The van der Waals surface area contributed by atoms with Crippen LogP contribution in [-0.2, 0) is 0 Å². The summed E-state index contributed by atoms with van der Waals surface area (Å²) in [6, 6.07) is 8.32. The number of halogens is 1. The number of carbonyl (C=O) groups excluding carboxylic acids is 1. The fourth-order valence-corrected chi connectivity index (χ4v) is 3.30. The zero-order valence-electron chi connectivity index (χ0n) is 11.6. The minimum atomic E-state index is 0.126. The molecule has 1 aromatic carbocycles. The SMILES string of the molecule is CCN1CCCC1CN(C)C(=O)c1cccc(I)c1. The summed E-state index contributed by atoms with van der Waals surface area (Å²) in [5.41, 5.74) is 0.787. The van der Waals surface area contributed by atoms with Crippen molar-refractivity contribution in [1.82, 2.24) is 9.80 Å². The second kappa shape index (κ2) is 6.70. The van der Waals surface area contributed by atoms with Gasteiger partial charge >= 0.3 is 0 Å². The van der Waals surface area contributed by atoms with Gasteiger partial charge in [0.25, 0.3) is 5.91 Å². The van der Waals surface area contributed by atoms with Gasteiger partial charge in [-0.3, -0.25) is 9.69 Å². The van der Waals surface area contributed by atoms with Crippen LogP contribution >= 0.6 is 22.6 Å².